The second kappa shape index (κ2) is 12.1. The Hall–Kier alpha value is -4.04. The minimum Gasteiger partial charge on any atom is -0.486 e. The molecule has 1 N–H and O–H groups in total. The normalized spacial score (nSPS) is 15.5. The largest absolute Gasteiger partial charge is 0.486 e. The van der Waals surface area contributed by atoms with Crippen molar-refractivity contribution in [2.75, 3.05) is 20.1 Å². The molecule has 2 unspecified atom stereocenters. The molecular formula is C28H28FNO6. The number of likely N-dealkylation sites (N-methyl/N-ethyl adjacent to an activating group) is 1. The van der Waals surface area contributed by atoms with E-state index in [0.29, 0.717) is 30.9 Å². The maximum atomic E-state index is 13.4. The zero-order valence-corrected chi connectivity index (χ0v) is 19.9. The molecule has 1 heterocycles. The van der Waals surface area contributed by atoms with Crippen LogP contribution >= 0.6 is 0 Å². The van der Waals surface area contributed by atoms with Crippen molar-refractivity contribution in [1.82, 2.24) is 4.90 Å². The Balaban J connectivity index is 1.34. The van der Waals surface area contributed by atoms with Crippen molar-refractivity contribution < 1.29 is 33.2 Å². The van der Waals surface area contributed by atoms with E-state index in [1.807, 2.05) is 30.3 Å². The van der Waals surface area contributed by atoms with Crippen molar-refractivity contribution in [3.8, 4) is 11.5 Å². The highest BCUT2D eigenvalue weighted by Gasteiger charge is 2.22. The van der Waals surface area contributed by atoms with Crippen molar-refractivity contribution in [2.24, 2.45) is 0 Å². The van der Waals surface area contributed by atoms with Gasteiger partial charge in [0.2, 0.25) is 6.29 Å². The van der Waals surface area contributed by atoms with Crippen LogP contribution in [0.25, 0.3) is 0 Å². The summed E-state index contributed by atoms with van der Waals surface area (Å²) in [5.41, 5.74) is 1.90. The second-order valence-electron chi connectivity index (χ2n) is 8.46. The van der Waals surface area contributed by atoms with Crippen molar-refractivity contribution in [1.29, 1.82) is 0 Å². The highest BCUT2D eigenvalue weighted by atomic mass is 19.1. The molecule has 0 radical (unpaired) electrons. The zero-order valence-electron chi connectivity index (χ0n) is 19.9. The third kappa shape index (κ3) is 7.48. The highest BCUT2D eigenvalue weighted by molar-refractivity contribution is 5.69. The lowest BCUT2D eigenvalue weighted by Crippen LogP contribution is -2.28. The topological polar surface area (TPSA) is 77.5 Å². The summed E-state index contributed by atoms with van der Waals surface area (Å²) in [6, 6.07) is 23.1. The lowest BCUT2D eigenvalue weighted by atomic mass is 10.1. The van der Waals surface area contributed by atoms with Gasteiger partial charge in [0.1, 0.15) is 23.4 Å². The number of hydrogen-bond acceptors (Lipinski definition) is 6. The van der Waals surface area contributed by atoms with Gasteiger partial charge in [-0.25, -0.2) is 4.39 Å². The van der Waals surface area contributed by atoms with Gasteiger partial charge in [0.25, 0.3) is 0 Å². The molecule has 1 aliphatic heterocycles. The molecule has 3 aromatic rings. The molecule has 8 heteroatoms. The highest BCUT2D eigenvalue weighted by Crippen LogP contribution is 2.28. The smallest absolute Gasteiger partial charge is 0.324 e. The van der Waals surface area contributed by atoms with Crippen molar-refractivity contribution in [3.63, 3.8) is 0 Å². The van der Waals surface area contributed by atoms with E-state index in [2.05, 4.69) is 0 Å². The van der Waals surface area contributed by atoms with Gasteiger partial charge in [0.15, 0.2) is 6.26 Å². The van der Waals surface area contributed by atoms with Gasteiger partial charge in [-0.1, -0.05) is 42.5 Å². The zero-order chi connectivity index (χ0) is 25.3. The van der Waals surface area contributed by atoms with Crippen LogP contribution in [0.3, 0.4) is 0 Å². The SMILES string of the molecule is CN(CCC(Oc1ccc(OC2=COC(Cc3ccccc3)O2)cc1)c1ccc(F)cc1)CC(=O)O. The Morgan fingerprint density at radius 2 is 1.72 bits per heavy atom. The third-order valence-electron chi connectivity index (χ3n) is 5.55. The minimum atomic E-state index is -0.898. The minimum absolute atomic E-state index is 0.0734. The summed E-state index contributed by atoms with van der Waals surface area (Å²) < 4.78 is 36.6. The Kier molecular flexibility index (Phi) is 8.41. The maximum absolute atomic E-state index is 13.4. The van der Waals surface area contributed by atoms with Crippen molar-refractivity contribution >= 4 is 5.97 Å². The molecule has 0 amide bonds. The molecular weight excluding hydrogens is 465 g/mol. The Labute approximate surface area is 209 Å². The maximum Gasteiger partial charge on any atom is 0.324 e. The summed E-state index contributed by atoms with van der Waals surface area (Å²) in [5.74, 6) is 0.190. The number of ether oxygens (including phenoxy) is 4. The fraction of sp³-hybridized carbons (Fsp3) is 0.250. The van der Waals surface area contributed by atoms with Gasteiger partial charge in [-0.15, -0.1) is 0 Å². The van der Waals surface area contributed by atoms with E-state index in [9.17, 15) is 9.18 Å². The summed E-state index contributed by atoms with van der Waals surface area (Å²) in [6.45, 7) is 0.418. The fourth-order valence-corrected chi connectivity index (χ4v) is 3.75. The Bertz CT molecular complexity index is 1150. The number of nitrogens with zero attached hydrogens (tertiary/aromatic N) is 1. The van der Waals surface area contributed by atoms with Crippen LogP contribution in [-0.4, -0.2) is 42.4 Å². The van der Waals surface area contributed by atoms with Gasteiger partial charge in [-0.2, -0.15) is 0 Å². The molecule has 188 valence electrons. The summed E-state index contributed by atoms with van der Waals surface area (Å²) in [6.07, 6.45) is 1.75. The summed E-state index contributed by atoms with van der Waals surface area (Å²) in [4.78, 5) is 12.7. The molecule has 0 spiro atoms. The van der Waals surface area contributed by atoms with Crippen LogP contribution in [0.5, 0.6) is 11.5 Å². The Morgan fingerprint density at radius 1 is 1.03 bits per heavy atom. The molecule has 7 nitrogen and oxygen atoms in total. The van der Waals surface area contributed by atoms with Gasteiger partial charge in [0.05, 0.1) is 6.54 Å². The van der Waals surface area contributed by atoms with Gasteiger partial charge >= 0.3 is 11.9 Å². The fourth-order valence-electron chi connectivity index (χ4n) is 3.75. The van der Waals surface area contributed by atoms with E-state index >= 15 is 0 Å². The molecule has 0 fully saturated rings. The van der Waals surface area contributed by atoms with Crippen LogP contribution < -0.4 is 9.47 Å². The van der Waals surface area contributed by atoms with Crippen LogP contribution in [0, 0.1) is 5.82 Å². The molecule has 0 saturated carbocycles. The molecule has 0 bridgehead atoms. The van der Waals surface area contributed by atoms with Gasteiger partial charge < -0.3 is 24.1 Å². The summed E-state index contributed by atoms with van der Waals surface area (Å²) >= 11 is 0. The molecule has 0 aliphatic carbocycles. The number of aliphatic carboxylic acids is 1. The predicted octanol–water partition coefficient (Wildman–Crippen LogP) is 5.15. The van der Waals surface area contributed by atoms with Crippen LogP contribution in [0.15, 0.2) is 91.1 Å². The van der Waals surface area contributed by atoms with Crippen LogP contribution in [0.2, 0.25) is 0 Å². The average Bonchev–Trinajstić information content (AvgIpc) is 3.30. The lowest BCUT2D eigenvalue weighted by molar-refractivity contribution is -0.138. The van der Waals surface area contributed by atoms with E-state index in [0.717, 1.165) is 11.1 Å². The van der Waals surface area contributed by atoms with Crippen LogP contribution in [0.4, 0.5) is 4.39 Å². The number of halogens is 1. The van der Waals surface area contributed by atoms with Gasteiger partial charge in [-0.05, 0) is 54.6 Å². The summed E-state index contributed by atoms with van der Waals surface area (Å²) in [5, 5.41) is 8.99. The van der Waals surface area contributed by atoms with E-state index < -0.39 is 12.3 Å². The first kappa shape index (κ1) is 25.1. The molecule has 3 aromatic carbocycles. The van der Waals surface area contributed by atoms with Gasteiger partial charge in [-0.3, -0.25) is 9.69 Å². The second-order valence-corrected chi connectivity index (χ2v) is 8.46. The molecule has 36 heavy (non-hydrogen) atoms. The number of carboxylic acid groups (broad SMARTS) is 1. The lowest BCUT2D eigenvalue weighted by Gasteiger charge is -2.22. The first-order valence-corrected chi connectivity index (χ1v) is 11.6. The molecule has 4 rings (SSSR count). The van der Waals surface area contributed by atoms with Crippen molar-refractivity contribution in [2.45, 2.75) is 25.2 Å². The van der Waals surface area contributed by atoms with Crippen molar-refractivity contribution in [3.05, 3.63) is 108 Å². The quantitative estimate of drug-likeness (QED) is 0.374. The van der Waals surface area contributed by atoms with E-state index in [1.165, 1.54) is 18.4 Å². The Morgan fingerprint density at radius 3 is 2.42 bits per heavy atom. The predicted molar refractivity (Wildman–Crippen MR) is 131 cm³/mol. The molecule has 2 atom stereocenters. The van der Waals surface area contributed by atoms with E-state index in [1.54, 1.807) is 48.3 Å². The molecule has 0 saturated heterocycles. The van der Waals surface area contributed by atoms with Crippen LogP contribution in [0.1, 0.15) is 23.7 Å². The first-order valence-electron chi connectivity index (χ1n) is 11.6. The molecule has 0 aromatic heterocycles. The third-order valence-corrected chi connectivity index (χ3v) is 5.55. The number of carboxylic acids is 1. The standard InChI is InChI=1S/C28H28FNO6/c1-30(18-26(31)32)16-15-25(21-7-9-22(29)10-8-21)34-23-11-13-24(14-12-23)35-28-19-33-27(36-28)17-20-5-3-2-4-6-20/h2-14,19,25,27H,15-18H2,1H3,(H,31,32). The van der Waals surface area contributed by atoms with E-state index in [4.69, 9.17) is 24.1 Å². The number of carbonyl (C=O) groups is 1. The summed E-state index contributed by atoms with van der Waals surface area (Å²) in [7, 11) is 1.73. The van der Waals surface area contributed by atoms with Gasteiger partial charge in [0, 0.05) is 19.4 Å². The number of rotatable bonds is 12. The molecule has 1 aliphatic rings. The first-order chi connectivity index (χ1) is 17.4. The van der Waals surface area contributed by atoms with E-state index in [-0.39, 0.29) is 24.4 Å². The average molecular weight is 494 g/mol. The number of benzene rings is 3. The van der Waals surface area contributed by atoms with Crippen LogP contribution in [-0.2, 0) is 20.7 Å². The number of hydrogen-bond donors (Lipinski definition) is 1. The monoisotopic (exact) mass is 493 g/mol.